The van der Waals surface area contributed by atoms with Crippen molar-refractivity contribution in [2.75, 3.05) is 20.2 Å². The first-order valence-corrected chi connectivity index (χ1v) is 6.41. The summed E-state index contributed by atoms with van der Waals surface area (Å²) in [4.78, 5) is 18.2. The highest BCUT2D eigenvalue weighted by Gasteiger charge is 2.25. The lowest BCUT2D eigenvalue weighted by atomic mass is 9.97. The number of nitrogens with zero attached hydrogens (tertiary/aromatic N) is 2. The van der Waals surface area contributed by atoms with Gasteiger partial charge in [0.15, 0.2) is 0 Å². The van der Waals surface area contributed by atoms with Gasteiger partial charge in [0.05, 0.1) is 18.7 Å². The molecule has 4 nitrogen and oxygen atoms in total. The Hall–Kier alpha value is -1.42. The summed E-state index contributed by atoms with van der Waals surface area (Å²) in [6.07, 6.45) is 3.61. The van der Waals surface area contributed by atoms with E-state index in [0.717, 1.165) is 38.2 Å². The Morgan fingerprint density at radius 3 is 2.83 bits per heavy atom. The maximum absolute atomic E-state index is 11.4. The third kappa shape index (κ3) is 3.07. The fraction of sp³-hybridized carbons (Fsp3) is 0.571. The van der Waals surface area contributed by atoms with Crippen molar-refractivity contribution >= 4 is 5.97 Å². The number of piperidine rings is 1. The van der Waals surface area contributed by atoms with E-state index >= 15 is 0 Å². The molecule has 0 atom stereocenters. The molecule has 0 radical (unpaired) electrons. The topological polar surface area (TPSA) is 42.4 Å². The summed E-state index contributed by atoms with van der Waals surface area (Å²) in [5.41, 5.74) is 2.36. The molecule has 0 aliphatic carbocycles. The minimum Gasteiger partial charge on any atom is -0.469 e. The number of ether oxygens (including phenoxy) is 1. The average molecular weight is 248 g/mol. The number of methoxy groups -OCH3 is 1. The number of hydrogen-bond acceptors (Lipinski definition) is 4. The highest BCUT2D eigenvalue weighted by Crippen LogP contribution is 2.20. The Morgan fingerprint density at radius 2 is 2.22 bits per heavy atom. The predicted octanol–water partition coefficient (Wildman–Crippen LogP) is 1.78. The summed E-state index contributed by atoms with van der Waals surface area (Å²) in [5, 5.41) is 0. The van der Waals surface area contributed by atoms with Crippen LogP contribution in [0.1, 0.15) is 24.1 Å². The maximum atomic E-state index is 11.4. The summed E-state index contributed by atoms with van der Waals surface area (Å²) in [6.45, 7) is 4.84. The summed E-state index contributed by atoms with van der Waals surface area (Å²) in [5.74, 6) is 0.0137. The van der Waals surface area contributed by atoms with Gasteiger partial charge < -0.3 is 4.74 Å². The second-order valence-electron chi connectivity index (χ2n) is 4.84. The molecule has 1 aliphatic heterocycles. The molecule has 0 spiro atoms. The van der Waals surface area contributed by atoms with Crippen molar-refractivity contribution < 1.29 is 9.53 Å². The number of hydrogen-bond donors (Lipinski definition) is 0. The fourth-order valence-corrected chi connectivity index (χ4v) is 2.39. The second-order valence-corrected chi connectivity index (χ2v) is 4.84. The molecule has 2 heterocycles. The van der Waals surface area contributed by atoms with E-state index in [0.29, 0.717) is 0 Å². The van der Waals surface area contributed by atoms with Gasteiger partial charge >= 0.3 is 5.97 Å². The van der Waals surface area contributed by atoms with Gasteiger partial charge in [0.2, 0.25) is 0 Å². The molecule has 1 aliphatic rings. The minimum absolute atomic E-state index is 0.0660. The molecule has 0 amide bonds. The Morgan fingerprint density at radius 1 is 1.50 bits per heavy atom. The van der Waals surface area contributed by atoms with Gasteiger partial charge in [0.25, 0.3) is 0 Å². The zero-order chi connectivity index (χ0) is 13.0. The molecule has 1 aromatic rings. The summed E-state index contributed by atoms with van der Waals surface area (Å²) < 4.78 is 4.79. The largest absolute Gasteiger partial charge is 0.469 e. The van der Waals surface area contributed by atoms with Crippen LogP contribution in [0.3, 0.4) is 0 Å². The van der Waals surface area contributed by atoms with Crippen LogP contribution in [0.4, 0.5) is 0 Å². The molecule has 0 unspecified atom stereocenters. The molecular weight excluding hydrogens is 228 g/mol. The molecule has 0 aromatic carbocycles. The van der Waals surface area contributed by atoms with Crippen LogP contribution in [0.15, 0.2) is 18.3 Å². The molecule has 98 valence electrons. The molecule has 4 heteroatoms. The van der Waals surface area contributed by atoms with Crippen molar-refractivity contribution in [2.24, 2.45) is 5.92 Å². The quantitative estimate of drug-likeness (QED) is 0.765. The predicted molar refractivity (Wildman–Crippen MR) is 69.0 cm³/mol. The van der Waals surface area contributed by atoms with E-state index in [-0.39, 0.29) is 11.9 Å². The monoisotopic (exact) mass is 248 g/mol. The van der Waals surface area contributed by atoms with Crippen LogP contribution in [0.2, 0.25) is 0 Å². The minimum atomic E-state index is -0.0660. The van der Waals surface area contributed by atoms with Crippen molar-refractivity contribution in [3.05, 3.63) is 29.6 Å². The van der Waals surface area contributed by atoms with E-state index < -0.39 is 0 Å². The molecule has 1 fully saturated rings. The van der Waals surface area contributed by atoms with Crippen LogP contribution in [-0.2, 0) is 16.1 Å². The molecule has 1 aromatic heterocycles. The number of likely N-dealkylation sites (tertiary alicyclic amines) is 1. The first-order chi connectivity index (χ1) is 8.70. The first-order valence-electron chi connectivity index (χ1n) is 6.41. The van der Waals surface area contributed by atoms with Crippen molar-refractivity contribution in [3.63, 3.8) is 0 Å². The van der Waals surface area contributed by atoms with E-state index in [9.17, 15) is 4.79 Å². The average Bonchev–Trinajstić information content (AvgIpc) is 2.41. The lowest BCUT2D eigenvalue weighted by molar-refractivity contribution is -0.147. The number of esters is 1. The molecule has 0 N–H and O–H groups in total. The number of carbonyl (C=O) groups excluding carboxylic acids is 1. The van der Waals surface area contributed by atoms with E-state index in [2.05, 4.69) is 22.9 Å². The zero-order valence-corrected chi connectivity index (χ0v) is 11.1. The third-order valence-corrected chi connectivity index (χ3v) is 3.61. The van der Waals surface area contributed by atoms with Gasteiger partial charge in [-0.25, -0.2) is 0 Å². The number of aromatic nitrogens is 1. The van der Waals surface area contributed by atoms with Crippen LogP contribution >= 0.6 is 0 Å². The molecule has 0 saturated carbocycles. The van der Waals surface area contributed by atoms with Crippen LogP contribution in [0, 0.1) is 12.8 Å². The van der Waals surface area contributed by atoms with Crippen LogP contribution in [-0.4, -0.2) is 36.1 Å². The van der Waals surface area contributed by atoms with Gasteiger partial charge in [-0.05, 0) is 44.5 Å². The molecule has 2 rings (SSSR count). The summed E-state index contributed by atoms with van der Waals surface area (Å²) in [7, 11) is 1.46. The number of aryl methyl sites for hydroxylation is 1. The number of carbonyl (C=O) groups is 1. The van der Waals surface area contributed by atoms with Crippen molar-refractivity contribution in [3.8, 4) is 0 Å². The van der Waals surface area contributed by atoms with Crippen LogP contribution < -0.4 is 0 Å². The first kappa shape index (κ1) is 13.0. The highest BCUT2D eigenvalue weighted by molar-refractivity contribution is 5.72. The lowest BCUT2D eigenvalue weighted by Gasteiger charge is -2.30. The number of pyridine rings is 1. The fourth-order valence-electron chi connectivity index (χ4n) is 2.39. The normalized spacial score (nSPS) is 17.7. The Kier molecular flexibility index (Phi) is 4.31. The van der Waals surface area contributed by atoms with Crippen molar-refractivity contribution in [2.45, 2.75) is 26.3 Å². The zero-order valence-electron chi connectivity index (χ0n) is 11.1. The number of rotatable bonds is 3. The molecule has 1 saturated heterocycles. The Labute approximate surface area is 108 Å². The standard InChI is InChI=1S/C14H20N2O2/c1-11-4-3-7-15-13(11)10-16-8-5-12(6-9-16)14(17)18-2/h3-4,7,12H,5-6,8-10H2,1-2H3. The second kappa shape index (κ2) is 5.96. The Balaban J connectivity index is 1.87. The third-order valence-electron chi connectivity index (χ3n) is 3.61. The van der Waals surface area contributed by atoms with Gasteiger partial charge in [-0.3, -0.25) is 14.7 Å². The maximum Gasteiger partial charge on any atom is 0.308 e. The van der Waals surface area contributed by atoms with E-state index in [1.165, 1.54) is 12.7 Å². The molecular formula is C14H20N2O2. The van der Waals surface area contributed by atoms with E-state index in [4.69, 9.17) is 4.74 Å². The Bertz CT molecular complexity index is 412. The van der Waals surface area contributed by atoms with E-state index in [1.807, 2.05) is 12.3 Å². The summed E-state index contributed by atoms with van der Waals surface area (Å²) >= 11 is 0. The van der Waals surface area contributed by atoms with Gasteiger partial charge in [-0.1, -0.05) is 6.07 Å². The van der Waals surface area contributed by atoms with Crippen LogP contribution in [0.25, 0.3) is 0 Å². The van der Waals surface area contributed by atoms with Crippen molar-refractivity contribution in [1.82, 2.24) is 9.88 Å². The summed E-state index contributed by atoms with van der Waals surface area (Å²) in [6, 6.07) is 4.05. The molecule has 0 bridgehead atoms. The smallest absolute Gasteiger partial charge is 0.308 e. The SMILES string of the molecule is COC(=O)C1CCN(Cc2ncccc2C)CC1. The van der Waals surface area contributed by atoms with Crippen LogP contribution in [0.5, 0.6) is 0 Å². The highest BCUT2D eigenvalue weighted by atomic mass is 16.5. The van der Waals surface area contributed by atoms with E-state index in [1.54, 1.807) is 0 Å². The molecule has 18 heavy (non-hydrogen) atoms. The van der Waals surface area contributed by atoms with Gasteiger partial charge in [-0.2, -0.15) is 0 Å². The van der Waals surface area contributed by atoms with Gasteiger partial charge in [0.1, 0.15) is 0 Å². The van der Waals surface area contributed by atoms with Crippen molar-refractivity contribution in [1.29, 1.82) is 0 Å². The van der Waals surface area contributed by atoms with Gasteiger partial charge in [0, 0.05) is 12.7 Å². The lowest BCUT2D eigenvalue weighted by Crippen LogP contribution is -2.36. The van der Waals surface area contributed by atoms with Gasteiger partial charge in [-0.15, -0.1) is 0 Å².